The molecule has 1 atom stereocenters. The number of hydrogen-bond acceptors (Lipinski definition) is 5. The Labute approximate surface area is 219 Å². The summed E-state index contributed by atoms with van der Waals surface area (Å²) in [6.07, 6.45) is 6.09. The maximum atomic E-state index is 13.1. The Hall–Kier alpha value is -3.97. The number of carbonyl (C=O) groups excluding carboxylic acids is 2. The van der Waals surface area contributed by atoms with Gasteiger partial charge in [0, 0.05) is 28.5 Å². The van der Waals surface area contributed by atoms with Crippen LogP contribution in [0.5, 0.6) is 0 Å². The Morgan fingerprint density at radius 3 is 2.68 bits per heavy atom. The van der Waals surface area contributed by atoms with E-state index >= 15 is 0 Å². The van der Waals surface area contributed by atoms with Crippen molar-refractivity contribution in [1.82, 2.24) is 10.3 Å². The highest BCUT2D eigenvalue weighted by molar-refractivity contribution is 8.15. The van der Waals surface area contributed by atoms with E-state index in [9.17, 15) is 9.59 Å². The molecule has 0 radical (unpaired) electrons. The lowest BCUT2D eigenvalue weighted by molar-refractivity contribution is -0.118. The Kier molecular flexibility index (Phi) is 6.45. The number of benzene rings is 3. The van der Waals surface area contributed by atoms with Gasteiger partial charge in [0.1, 0.15) is 0 Å². The molecule has 1 saturated heterocycles. The Balaban J connectivity index is 1.20. The van der Waals surface area contributed by atoms with Crippen LogP contribution in [0.3, 0.4) is 0 Å². The fraction of sp³-hybridized carbons (Fsp3) is 0.200. The standard InChI is InChI=1S/C30H26N4O2S/c35-26(23-15-8-12-19-9-4-5-13-21(19)23)17-27-29(36)33-30(37-27)34-31-18-24-22-14-6-7-16-25(22)32-28(24)20-10-2-1-3-11-20/h1-3,6-8,10-12,14-16,18,27,32H,4-5,9,13,17H2,(H,33,34,36)/b31-18+. The summed E-state index contributed by atoms with van der Waals surface area (Å²) < 4.78 is 0. The van der Waals surface area contributed by atoms with Crippen molar-refractivity contribution in [2.45, 2.75) is 37.4 Å². The molecule has 7 heteroatoms. The lowest BCUT2D eigenvalue weighted by atomic mass is 9.86. The zero-order valence-electron chi connectivity index (χ0n) is 20.2. The van der Waals surface area contributed by atoms with E-state index in [4.69, 9.17) is 0 Å². The first-order chi connectivity index (χ1) is 18.2. The summed E-state index contributed by atoms with van der Waals surface area (Å²) >= 11 is 1.27. The van der Waals surface area contributed by atoms with Gasteiger partial charge in [-0.05, 0) is 48.4 Å². The van der Waals surface area contributed by atoms with Crippen molar-refractivity contribution >= 4 is 45.7 Å². The van der Waals surface area contributed by atoms with Gasteiger partial charge in [-0.3, -0.25) is 9.59 Å². The number of aromatic nitrogens is 1. The summed E-state index contributed by atoms with van der Waals surface area (Å²) in [5, 5.41) is 12.3. The third-order valence-corrected chi connectivity index (χ3v) is 8.06. The second kappa shape index (κ2) is 10.2. The number of nitrogens with one attached hydrogen (secondary N) is 2. The van der Waals surface area contributed by atoms with Crippen LogP contribution >= 0.6 is 11.8 Å². The SMILES string of the molecule is O=C(CC1S/C(=N\N=C\c2c(-c3ccccc3)[nH]c3ccccc23)NC1=O)c1cccc2c1CCCC2. The van der Waals surface area contributed by atoms with E-state index in [-0.39, 0.29) is 18.1 Å². The molecule has 2 heterocycles. The second-order valence-electron chi connectivity index (χ2n) is 9.35. The van der Waals surface area contributed by atoms with Crippen LogP contribution in [0.25, 0.3) is 22.2 Å². The van der Waals surface area contributed by atoms with Crippen LogP contribution in [-0.2, 0) is 17.6 Å². The molecule has 37 heavy (non-hydrogen) atoms. The van der Waals surface area contributed by atoms with Crippen LogP contribution < -0.4 is 5.32 Å². The Morgan fingerprint density at radius 2 is 1.78 bits per heavy atom. The molecule has 2 aliphatic rings. The number of thioether (sulfide) groups is 1. The van der Waals surface area contributed by atoms with E-state index in [1.807, 2.05) is 66.7 Å². The highest BCUT2D eigenvalue weighted by Crippen LogP contribution is 2.30. The predicted octanol–water partition coefficient (Wildman–Crippen LogP) is 5.91. The second-order valence-corrected chi connectivity index (χ2v) is 10.5. The minimum atomic E-state index is -0.506. The number of carbonyl (C=O) groups is 2. The number of aryl methyl sites for hydroxylation is 1. The maximum Gasteiger partial charge on any atom is 0.240 e. The lowest BCUT2D eigenvalue weighted by Crippen LogP contribution is -2.26. The van der Waals surface area contributed by atoms with Gasteiger partial charge in [0.25, 0.3) is 0 Å². The summed E-state index contributed by atoms with van der Waals surface area (Å²) in [5.41, 5.74) is 7.16. The van der Waals surface area contributed by atoms with Crippen LogP contribution in [0.4, 0.5) is 0 Å². The molecule has 1 aliphatic heterocycles. The summed E-state index contributed by atoms with van der Waals surface area (Å²) in [5.74, 6) is -0.184. The lowest BCUT2D eigenvalue weighted by Gasteiger charge is -2.19. The number of amides is 1. The first-order valence-electron chi connectivity index (χ1n) is 12.6. The Bertz CT molecular complexity index is 1550. The van der Waals surface area contributed by atoms with Gasteiger partial charge >= 0.3 is 0 Å². The average Bonchev–Trinajstić information content (AvgIpc) is 3.48. The number of para-hydroxylation sites is 1. The van der Waals surface area contributed by atoms with Crippen molar-refractivity contribution in [3.05, 3.63) is 95.1 Å². The molecule has 6 nitrogen and oxygen atoms in total. The summed E-state index contributed by atoms with van der Waals surface area (Å²) in [6.45, 7) is 0. The van der Waals surface area contributed by atoms with Crippen molar-refractivity contribution < 1.29 is 9.59 Å². The molecule has 4 aromatic rings. The number of Topliss-reactive ketones (excluding diaryl/α,β-unsaturated/α-hetero) is 1. The maximum absolute atomic E-state index is 13.1. The van der Waals surface area contributed by atoms with Gasteiger partial charge in [0.2, 0.25) is 5.91 Å². The molecule has 1 fully saturated rings. The van der Waals surface area contributed by atoms with E-state index in [1.165, 1.54) is 17.3 Å². The fourth-order valence-corrected chi connectivity index (χ4v) is 6.10. The van der Waals surface area contributed by atoms with E-state index in [0.717, 1.165) is 64.5 Å². The van der Waals surface area contributed by atoms with Gasteiger partial charge in [0.05, 0.1) is 17.2 Å². The number of ketones is 1. The first kappa shape index (κ1) is 23.4. The van der Waals surface area contributed by atoms with Crippen LogP contribution in [-0.4, -0.2) is 33.3 Å². The van der Waals surface area contributed by atoms with E-state index in [0.29, 0.717) is 5.17 Å². The molecule has 184 valence electrons. The quantitative estimate of drug-likeness (QED) is 0.194. The number of aromatic amines is 1. The van der Waals surface area contributed by atoms with Crippen molar-refractivity contribution in [2.75, 3.05) is 0 Å². The molecule has 0 bridgehead atoms. The van der Waals surface area contributed by atoms with Crippen molar-refractivity contribution in [3.8, 4) is 11.3 Å². The smallest absolute Gasteiger partial charge is 0.240 e. The number of H-pyrrole nitrogens is 1. The van der Waals surface area contributed by atoms with Gasteiger partial charge in [-0.1, -0.05) is 78.5 Å². The number of rotatable bonds is 6. The number of nitrogens with zero attached hydrogens (tertiary/aromatic N) is 2. The largest absolute Gasteiger partial charge is 0.354 e. The molecule has 0 saturated carbocycles. The van der Waals surface area contributed by atoms with Gasteiger partial charge in [-0.2, -0.15) is 5.10 Å². The summed E-state index contributed by atoms with van der Waals surface area (Å²) in [6, 6.07) is 24.1. The highest BCUT2D eigenvalue weighted by atomic mass is 32.2. The molecule has 0 spiro atoms. The third kappa shape index (κ3) is 4.74. The number of hydrogen-bond donors (Lipinski definition) is 2. The summed E-state index contributed by atoms with van der Waals surface area (Å²) in [4.78, 5) is 29.2. The van der Waals surface area contributed by atoms with Gasteiger partial charge in [-0.25, -0.2) is 0 Å². The monoisotopic (exact) mass is 506 g/mol. The van der Waals surface area contributed by atoms with Crippen molar-refractivity contribution in [1.29, 1.82) is 0 Å². The normalized spacial score (nSPS) is 18.4. The minimum Gasteiger partial charge on any atom is -0.354 e. The number of amidine groups is 1. The van der Waals surface area contributed by atoms with Crippen molar-refractivity contribution in [2.24, 2.45) is 10.2 Å². The summed E-state index contributed by atoms with van der Waals surface area (Å²) in [7, 11) is 0. The van der Waals surface area contributed by atoms with Crippen LogP contribution in [0.1, 0.15) is 46.3 Å². The fourth-order valence-electron chi connectivity index (χ4n) is 5.18. The molecule has 1 unspecified atom stereocenters. The molecule has 2 N–H and O–H groups in total. The topological polar surface area (TPSA) is 86.7 Å². The molecule has 1 aromatic heterocycles. The molecular formula is C30H26N4O2S. The van der Waals surface area contributed by atoms with Crippen LogP contribution in [0, 0.1) is 0 Å². The molecule has 3 aromatic carbocycles. The van der Waals surface area contributed by atoms with E-state index in [1.54, 1.807) is 6.21 Å². The van der Waals surface area contributed by atoms with Crippen LogP contribution in [0.2, 0.25) is 0 Å². The zero-order valence-corrected chi connectivity index (χ0v) is 21.1. The molecule has 6 rings (SSSR count). The number of fused-ring (bicyclic) bond motifs is 2. The molecular weight excluding hydrogens is 480 g/mol. The van der Waals surface area contributed by atoms with Gasteiger partial charge in [0.15, 0.2) is 11.0 Å². The van der Waals surface area contributed by atoms with Crippen LogP contribution in [0.15, 0.2) is 83.0 Å². The van der Waals surface area contributed by atoms with Crippen molar-refractivity contribution in [3.63, 3.8) is 0 Å². The zero-order chi connectivity index (χ0) is 25.2. The van der Waals surface area contributed by atoms with Gasteiger partial charge < -0.3 is 10.3 Å². The average molecular weight is 507 g/mol. The minimum absolute atomic E-state index is 0.0162. The van der Waals surface area contributed by atoms with E-state index < -0.39 is 5.25 Å². The predicted molar refractivity (Wildman–Crippen MR) is 150 cm³/mol. The first-order valence-corrected chi connectivity index (χ1v) is 13.4. The molecule has 1 amide bonds. The Morgan fingerprint density at radius 1 is 0.973 bits per heavy atom. The highest BCUT2D eigenvalue weighted by Gasteiger charge is 2.33. The van der Waals surface area contributed by atoms with Gasteiger partial charge in [-0.15, -0.1) is 5.10 Å². The third-order valence-electron chi connectivity index (χ3n) is 6.99. The molecule has 1 aliphatic carbocycles. The van der Waals surface area contributed by atoms with E-state index in [2.05, 4.69) is 26.6 Å².